The van der Waals surface area contributed by atoms with Gasteiger partial charge in [0.2, 0.25) is 5.60 Å². The molecule has 0 fully saturated rings. The summed E-state index contributed by atoms with van der Waals surface area (Å²) < 4.78 is 11.8. The van der Waals surface area contributed by atoms with E-state index in [1.807, 2.05) is 12.1 Å². The highest BCUT2D eigenvalue weighted by Crippen LogP contribution is 2.49. The normalized spacial score (nSPS) is 28.9. The first-order valence-corrected chi connectivity index (χ1v) is 7.69. The van der Waals surface area contributed by atoms with E-state index in [1.54, 1.807) is 32.0 Å². The van der Waals surface area contributed by atoms with Crippen molar-refractivity contribution in [2.45, 2.75) is 50.4 Å². The third-order valence-corrected chi connectivity index (χ3v) is 4.47. The van der Waals surface area contributed by atoms with Gasteiger partial charge in [-0.25, -0.2) is 0 Å². The Morgan fingerprint density at radius 2 is 2.09 bits per heavy atom. The lowest BCUT2D eigenvalue weighted by Gasteiger charge is -2.47. The summed E-state index contributed by atoms with van der Waals surface area (Å²) in [5.74, 6) is 1.09. The van der Waals surface area contributed by atoms with Crippen LogP contribution >= 0.6 is 0 Å². The number of nitrogens with zero attached hydrogens (tertiary/aromatic N) is 1. The van der Waals surface area contributed by atoms with Gasteiger partial charge in [0.1, 0.15) is 23.2 Å². The number of carbonyl (C=O) groups excluding carboxylic acids is 1. The predicted octanol–water partition coefficient (Wildman–Crippen LogP) is 2.81. The van der Waals surface area contributed by atoms with E-state index in [2.05, 4.69) is 0 Å². The Morgan fingerprint density at radius 1 is 1.35 bits per heavy atom. The molecule has 120 valence electrons. The second-order valence-corrected chi connectivity index (χ2v) is 6.46. The molecule has 1 aliphatic carbocycles. The van der Waals surface area contributed by atoms with Crippen molar-refractivity contribution < 1.29 is 19.4 Å². The van der Waals surface area contributed by atoms with Crippen LogP contribution in [-0.2, 0) is 9.53 Å². The van der Waals surface area contributed by atoms with Gasteiger partial charge in [0, 0.05) is 24.5 Å². The number of hydrogen-bond acceptors (Lipinski definition) is 5. The van der Waals surface area contributed by atoms with Gasteiger partial charge < -0.3 is 14.6 Å². The van der Waals surface area contributed by atoms with E-state index in [0.717, 1.165) is 0 Å². The van der Waals surface area contributed by atoms with Crippen molar-refractivity contribution in [3.8, 4) is 11.8 Å². The highest BCUT2D eigenvalue weighted by Gasteiger charge is 2.58. The van der Waals surface area contributed by atoms with Gasteiger partial charge in [0.05, 0.1) is 0 Å². The van der Waals surface area contributed by atoms with Crippen LogP contribution in [0.2, 0.25) is 0 Å². The van der Waals surface area contributed by atoms with Gasteiger partial charge in [-0.05, 0) is 26.3 Å². The van der Waals surface area contributed by atoms with Crippen molar-refractivity contribution in [3.63, 3.8) is 0 Å². The Bertz CT molecular complexity index is 716. The van der Waals surface area contributed by atoms with Crippen molar-refractivity contribution in [2.75, 3.05) is 0 Å². The van der Waals surface area contributed by atoms with Gasteiger partial charge in [0.25, 0.3) is 0 Å². The van der Waals surface area contributed by atoms with E-state index in [1.165, 1.54) is 6.08 Å². The average molecular weight is 313 g/mol. The van der Waals surface area contributed by atoms with E-state index < -0.39 is 17.3 Å². The first kappa shape index (κ1) is 15.6. The first-order chi connectivity index (χ1) is 10.9. The fourth-order valence-corrected chi connectivity index (χ4v) is 3.03. The third kappa shape index (κ3) is 2.49. The molecule has 0 radical (unpaired) electrons. The fourth-order valence-electron chi connectivity index (χ4n) is 3.03. The maximum Gasteiger partial charge on any atom is 0.232 e. The number of rotatable bonds is 2. The molecule has 0 bridgehead atoms. The topological polar surface area (TPSA) is 79.6 Å². The summed E-state index contributed by atoms with van der Waals surface area (Å²) in [5, 5.41) is 20.6. The van der Waals surface area contributed by atoms with Crippen molar-refractivity contribution in [1.82, 2.24) is 0 Å². The second kappa shape index (κ2) is 5.39. The van der Waals surface area contributed by atoms with Crippen molar-refractivity contribution in [3.05, 3.63) is 41.7 Å². The van der Waals surface area contributed by atoms with Crippen LogP contribution in [0.25, 0.3) is 0 Å². The quantitative estimate of drug-likeness (QED) is 0.849. The lowest BCUT2D eigenvalue weighted by Crippen LogP contribution is -2.59. The lowest BCUT2D eigenvalue weighted by atomic mass is 9.76. The highest BCUT2D eigenvalue weighted by molar-refractivity contribution is 5.90. The number of nitriles is 1. The van der Waals surface area contributed by atoms with Gasteiger partial charge in [-0.3, -0.25) is 4.79 Å². The van der Waals surface area contributed by atoms with Crippen LogP contribution in [0.3, 0.4) is 0 Å². The molecule has 0 amide bonds. The molecule has 0 aromatic heterocycles. The number of para-hydroxylation sites is 1. The maximum absolute atomic E-state index is 11.6. The van der Waals surface area contributed by atoms with Crippen LogP contribution in [0, 0.1) is 11.3 Å². The summed E-state index contributed by atoms with van der Waals surface area (Å²) >= 11 is 0. The molecule has 2 aliphatic rings. The standard InChI is InChI=1S/C18H19NO4/c1-17(2)18(21,11-19)16(14-8-3-4-9-15(14)23-17)22-13-7-5-6-12(20)10-13/h3-4,8-10,16,21H,5-7H2,1-2H3. The monoisotopic (exact) mass is 313 g/mol. The number of hydrogen-bond donors (Lipinski definition) is 1. The largest absolute Gasteiger partial charge is 0.485 e. The zero-order valence-corrected chi connectivity index (χ0v) is 13.2. The summed E-state index contributed by atoms with van der Waals surface area (Å²) in [4.78, 5) is 11.6. The SMILES string of the molecule is CC1(C)Oc2ccccc2C(OC2=CC(=O)CCC2)C1(O)C#N. The van der Waals surface area contributed by atoms with Gasteiger partial charge in [-0.15, -0.1) is 0 Å². The van der Waals surface area contributed by atoms with E-state index in [-0.39, 0.29) is 5.78 Å². The maximum atomic E-state index is 11.6. The molecule has 5 nitrogen and oxygen atoms in total. The first-order valence-electron chi connectivity index (χ1n) is 7.69. The van der Waals surface area contributed by atoms with Crippen molar-refractivity contribution >= 4 is 5.78 Å². The fraction of sp³-hybridized carbons (Fsp3) is 0.444. The van der Waals surface area contributed by atoms with Gasteiger partial charge in [-0.1, -0.05) is 18.2 Å². The molecule has 5 heteroatoms. The summed E-state index contributed by atoms with van der Waals surface area (Å²) in [6, 6.07) is 9.13. The summed E-state index contributed by atoms with van der Waals surface area (Å²) in [5.41, 5.74) is -2.42. The van der Waals surface area contributed by atoms with E-state index in [0.29, 0.717) is 36.3 Å². The van der Waals surface area contributed by atoms with Crippen LogP contribution in [0.4, 0.5) is 0 Å². The average Bonchev–Trinajstić information content (AvgIpc) is 2.51. The Balaban J connectivity index is 2.07. The summed E-state index contributed by atoms with van der Waals surface area (Å²) in [6.07, 6.45) is 2.39. The number of fused-ring (bicyclic) bond motifs is 1. The van der Waals surface area contributed by atoms with Crippen molar-refractivity contribution in [2.24, 2.45) is 0 Å². The Kier molecular flexibility index (Phi) is 3.65. The number of carbonyl (C=O) groups is 1. The molecule has 2 unspecified atom stereocenters. The Labute approximate surface area is 135 Å². The molecule has 0 spiro atoms. The number of aliphatic hydroxyl groups is 1. The molecular weight excluding hydrogens is 294 g/mol. The number of ether oxygens (including phenoxy) is 2. The van der Waals surface area contributed by atoms with Crippen molar-refractivity contribution in [1.29, 1.82) is 5.26 Å². The zero-order valence-electron chi connectivity index (χ0n) is 13.2. The number of ketones is 1. The van der Waals surface area contributed by atoms with E-state index in [4.69, 9.17) is 9.47 Å². The molecule has 0 saturated carbocycles. The molecule has 3 rings (SSSR count). The molecule has 2 atom stereocenters. The zero-order chi connectivity index (χ0) is 16.7. The highest BCUT2D eigenvalue weighted by atomic mass is 16.6. The molecule has 1 aromatic rings. The van der Waals surface area contributed by atoms with Gasteiger partial charge in [0.15, 0.2) is 11.9 Å². The minimum absolute atomic E-state index is 0.00588. The molecule has 0 saturated heterocycles. The van der Waals surface area contributed by atoms with Gasteiger partial charge in [-0.2, -0.15) is 5.26 Å². The number of benzene rings is 1. The predicted molar refractivity (Wildman–Crippen MR) is 82.5 cm³/mol. The van der Waals surface area contributed by atoms with Crippen LogP contribution in [-0.4, -0.2) is 22.1 Å². The number of allylic oxidation sites excluding steroid dienone is 2. The second-order valence-electron chi connectivity index (χ2n) is 6.46. The summed E-state index contributed by atoms with van der Waals surface area (Å²) in [6.45, 7) is 3.31. The Morgan fingerprint density at radius 3 is 2.78 bits per heavy atom. The smallest absolute Gasteiger partial charge is 0.232 e. The van der Waals surface area contributed by atoms with E-state index >= 15 is 0 Å². The van der Waals surface area contributed by atoms with Crippen LogP contribution in [0.1, 0.15) is 44.8 Å². The Hall–Kier alpha value is -2.32. The molecule has 1 heterocycles. The molecular formula is C18H19NO4. The van der Waals surface area contributed by atoms with Gasteiger partial charge >= 0.3 is 0 Å². The van der Waals surface area contributed by atoms with Crippen LogP contribution in [0.5, 0.6) is 5.75 Å². The molecule has 23 heavy (non-hydrogen) atoms. The lowest BCUT2D eigenvalue weighted by molar-refractivity contribution is -0.166. The van der Waals surface area contributed by atoms with Crippen LogP contribution < -0.4 is 4.74 Å². The molecule has 1 N–H and O–H groups in total. The van der Waals surface area contributed by atoms with Crippen LogP contribution in [0.15, 0.2) is 36.1 Å². The minimum Gasteiger partial charge on any atom is -0.485 e. The third-order valence-electron chi connectivity index (χ3n) is 4.47. The summed E-state index contributed by atoms with van der Waals surface area (Å²) in [7, 11) is 0. The minimum atomic E-state index is -1.87. The van der Waals surface area contributed by atoms with E-state index in [9.17, 15) is 15.2 Å². The molecule has 1 aromatic carbocycles. The molecule has 1 aliphatic heterocycles.